The van der Waals surface area contributed by atoms with Crippen molar-refractivity contribution in [3.63, 3.8) is 0 Å². The lowest BCUT2D eigenvalue weighted by atomic mass is 10.2. The molecule has 0 fully saturated rings. The maximum absolute atomic E-state index is 13.0. The Morgan fingerprint density at radius 3 is 2.54 bits per heavy atom. The summed E-state index contributed by atoms with van der Waals surface area (Å²) in [6.45, 7) is -1.43. The molecule has 0 saturated carbocycles. The maximum Gasteiger partial charge on any atom is 0.387 e. The predicted octanol–water partition coefficient (Wildman–Crippen LogP) is 4.46. The van der Waals surface area contributed by atoms with Gasteiger partial charge in [-0.1, -0.05) is 16.8 Å². The number of alkyl halides is 2. The maximum atomic E-state index is 13.0. The van der Waals surface area contributed by atoms with Crippen molar-refractivity contribution in [1.82, 2.24) is 0 Å². The zero-order valence-corrected chi connectivity index (χ0v) is 14.2. The van der Waals surface area contributed by atoms with Gasteiger partial charge in [0.2, 0.25) is 6.10 Å². The van der Waals surface area contributed by atoms with E-state index in [9.17, 15) is 18.0 Å². The van der Waals surface area contributed by atoms with E-state index in [1.807, 2.05) is 0 Å². The molecule has 0 bridgehead atoms. The number of hydrogen-bond donors (Lipinski definition) is 1. The first-order valence-electron chi connectivity index (χ1n) is 7.35. The van der Waals surface area contributed by atoms with Crippen LogP contribution >= 0.6 is 11.6 Å². The summed E-state index contributed by atoms with van der Waals surface area (Å²) < 4.78 is 41.3. The molecule has 0 spiro atoms. The lowest BCUT2D eigenvalue weighted by Gasteiger charge is -2.11. The number of ether oxygens (including phenoxy) is 1. The number of halogens is 4. The number of hydrogen-bond acceptors (Lipinski definition) is 4. The lowest BCUT2D eigenvalue weighted by Crippen LogP contribution is -2.26. The van der Waals surface area contributed by atoms with Crippen LogP contribution in [0.4, 0.5) is 18.9 Å². The van der Waals surface area contributed by atoms with Crippen LogP contribution in [0.1, 0.15) is 12.5 Å². The van der Waals surface area contributed by atoms with E-state index in [2.05, 4.69) is 15.2 Å². The summed E-state index contributed by atoms with van der Waals surface area (Å²) in [5, 5.41) is 6.21. The minimum atomic E-state index is -2.90. The number of anilines is 1. The van der Waals surface area contributed by atoms with E-state index >= 15 is 0 Å². The van der Waals surface area contributed by atoms with Crippen molar-refractivity contribution in [2.75, 3.05) is 5.32 Å². The zero-order chi connectivity index (χ0) is 19.1. The largest absolute Gasteiger partial charge is 0.435 e. The van der Waals surface area contributed by atoms with Gasteiger partial charge < -0.3 is 14.9 Å². The highest BCUT2D eigenvalue weighted by atomic mass is 35.5. The molecule has 0 unspecified atom stereocenters. The minimum Gasteiger partial charge on any atom is -0.435 e. The van der Waals surface area contributed by atoms with Gasteiger partial charge in [-0.15, -0.1) is 0 Å². The number of nitrogens with zero attached hydrogens (tertiary/aromatic N) is 1. The highest BCUT2D eigenvalue weighted by Gasteiger charge is 2.15. The molecule has 0 aromatic heterocycles. The van der Waals surface area contributed by atoms with Crippen LogP contribution in [0.25, 0.3) is 0 Å². The molecule has 138 valence electrons. The Hall–Kier alpha value is -2.74. The summed E-state index contributed by atoms with van der Waals surface area (Å²) in [7, 11) is 0. The molecule has 0 saturated heterocycles. The average molecular weight is 387 g/mol. The van der Waals surface area contributed by atoms with Crippen LogP contribution in [0.15, 0.2) is 47.6 Å². The van der Waals surface area contributed by atoms with Crippen LogP contribution < -0.4 is 10.1 Å². The molecule has 0 aliphatic carbocycles. The van der Waals surface area contributed by atoms with Gasteiger partial charge in [0.15, 0.2) is 0 Å². The van der Waals surface area contributed by atoms with E-state index < -0.39 is 24.4 Å². The number of nitrogens with one attached hydrogen (secondary N) is 1. The fraction of sp³-hybridized carbons (Fsp3) is 0.176. The molecule has 9 heteroatoms. The number of carbonyl (C=O) groups is 1. The van der Waals surface area contributed by atoms with Crippen LogP contribution in [0.2, 0.25) is 5.02 Å². The topological polar surface area (TPSA) is 59.9 Å². The number of amides is 1. The molecule has 0 heterocycles. The number of oxime groups is 1. The zero-order valence-electron chi connectivity index (χ0n) is 13.5. The van der Waals surface area contributed by atoms with Crippen molar-refractivity contribution < 1.29 is 27.5 Å². The Bertz CT molecular complexity index is 785. The third kappa shape index (κ3) is 5.96. The van der Waals surface area contributed by atoms with Crippen LogP contribution in [0.5, 0.6) is 5.75 Å². The Labute approximate surface area is 152 Å². The molecule has 2 rings (SSSR count). The molecule has 2 aromatic rings. The number of carbonyl (C=O) groups excluding carboxylic acids is 1. The Balaban J connectivity index is 1.87. The lowest BCUT2D eigenvalue weighted by molar-refractivity contribution is -0.126. The third-order valence-corrected chi connectivity index (χ3v) is 3.40. The normalized spacial score (nSPS) is 12.2. The Kier molecular flexibility index (Phi) is 6.85. The Morgan fingerprint density at radius 2 is 1.92 bits per heavy atom. The quantitative estimate of drug-likeness (QED) is 0.564. The van der Waals surface area contributed by atoms with Crippen molar-refractivity contribution in [3.05, 3.63) is 58.9 Å². The summed E-state index contributed by atoms with van der Waals surface area (Å²) in [5.41, 5.74) is 0.799. The highest BCUT2D eigenvalue weighted by Crippen LogP contribution is 2.22. The number of rotatable bonds is 7. The van der Waals surface area contributed by atoms with Gasteiger partial charge in [-0.2, -0.15) is 8.78 Å². The van der Waals surface area contributed by atoms with Gasteiger partial charge in [0, 0.05) is 0 Å². The molecule has 1 atom stereocenters. The van der Waals surface area contributed by atoms with Crippen LogP contribution in [-0.4, -0.2) is 24.8 Å². The van der Waals surface area contributed by atoms with Crippen LogP contribution in [0, 0.1) is 5.82 Å². The summed E-state index contributed by atoms with van der Waals surface area (Å²) in [6, 6.07) is 9.24. The SMILES string of the molecule is C[C@H](O/N=C\c1ccc(OC(F)F)cc1)C(=O)Nc1ccc(F)cc1Cl. The first-order chi connectivity index (χ1) is 12.3. The highest BCUT2D eigenvalue weighted by molar-refractivity contribution is 6.33. The average Bonchev–Trinajstić information content (AvgIpc) is 2.58. The van der Waals surface area contributed by atoms with E-state index in [-0.39, 0.29) is 16.5 Å². The van der Waals surface area contributed by atoms with Gasteiger partial charge in [-0.3, -0.25) is 4.79 Å². The van der Waals surface area contributed by atoms with E-state index in [1.54, 1.807) is 0 Å². The Morgan fingerprint density at radius 1 is 1.23 bits per heavy atom. The van der Waals surface area contributed by atoms with E-state index in [1.165, 1.54) is 43.5 Å². The third-order valence-electron chi connectivity index (χ3n) is 3.08. The van der Waals surface area contributed by atoms with Gasteiger partial charge in [0.25, 0.3) is 5.91 Å². The molecule has 2 aromatic carbocycles. The van der Waals surface area contributed by atoms with E-state index in [0.717, 1.165) is 12.1 Å². The second kappa shape index (κ2) is 9.10. The summed E-state index contributed by atoms with van der Waals surface area (Å²) in [6.07, 6.45) is 0.356. The van der Waals surface area contributed by atoms with Gasteiger partial charge in [-0.05, 0) is 55.0 Å². The van der Waals surface area contributed by atoms with E-state index in [4.69, 9.17) is 16.4 Å². The standard InChI is InChI=1S/C17H14ClF3N2O3/c1-10(16(24)23-15-7-4-12(19)8-14(15)18)26-22-9-11-2-5-13(6-3-11)25-17(20)21/h2-10,17H,1H3,(H,23,24)/b22-9-/t10-/m0/s1. The minimum absolute atomic E-state index is 0.0157. The van der Waals surface area contributed by atoms with Gasteiger partial charge >= 0.3 is 6.61 Å². The molecular weight excluding hydrogens is 373 g/mol. The summed E-state index contributed by atoms with van der Waals surface area (Å²) >= 11 is 5.82. The van der Waals surface area contributed by atoms with Gasteiger partial charge in [0.05, 0.1) is 16.9 Å². The molecule has 1 N–H and O–H groups in total. The van der Waals surface area contributed by atoms with Crippen molar-refractivity contribution in [1.29, 1.82) is 0 Å². The smallest absolute Gasteiger partial charge is 0.387 e. The second-order valence-corrected chi connectivity index (χ2v) is 5.45. The van der Waals surface area contributed by atoms with Gasteiger partial charge in [-0.25, -0.2) is 4.39 Å². The van der Waals surface area contributed by atoms with Gasteiger partial charge in [0.1, 0.15) is 11.6 Å². The molecule has 0 aliphatic rings. The van der Waals surface area contributed by atoms with E-state index in [0.29, 0.717) is 5.56 Å². The van der Waals surface area contributed by atoms with Crippen molar-refractivity contribution in [2.45, 2.75) is 19.6 Å². The molecule has 5 nitrogen and oxygen atoms in total. The molecule has 0 radical (unpaired) electrons. The monoisotopic (exact) mass is 386 g/mol. The number of benzene rings is 2. The molecule has 0 aliphatic heterocycles. The van der Waals surface area contributed by atoms with Crippen LogP contribution in [0.3, 0.4) is 0 Å². The second-order valence-electron chi connectivity index (χ2n) is 5.04. The van der Waals surface area contributed by atoms with Crippen molar-refractivity contribution in [2.24, 2.45) is 5.16 Å². The fourth-order valence-electron chi connectivity index (χ4n) is 1.79. The fourth-order valence-corrected chi connectivity index (χ4v) is 2.01. The van der Waals surface area contributed by atoms with Crippen molar-refractivity contribution in [3.8, 4) is 5.75 Å². The first-order valence-corrected chi connectivity index (χ1v) is 7.73. The molecule has 26 heavy (non-hydrogen) atoms. The van der Waals surface area contributed by atoms with Crippen LogP contribution in [-0.2, 0) is 9.63 Å². The molecular formula is C17H14ClF3N2O3. The summed E-state index contributed by atoms with van der Waals surface area (Å²) in [4.78, 5) is 17.0. The first kappa shape index (κ1) is 19.6. The summed E-state index contributed by atoms with van der Waals surface area (Å²) in [5.74, 6) is -1.04. The van der Waals surface area contributed by atoms with Crippen molar-refractivity contribution >= 4 is 29.4 Å². The predicted molar refractivity (Wildman–Crippen MR) is 91.3 cm³/mol. The molecule has 1 amide bonds.